The Morgan fingerprint density at radius 2 is 2.25 bits per heavy atom. The van der Waals surface area contributed by atoms with Gasteiger partial charge in [-0.05, 0) is 19.9 Å². The van der Waals surface area contributed by atoms with Crippen molar-refractivity contribution in [3.8, 4) is 6.07 Å². The summed E-state index contributed by atoms with van der Waals surface area (Å²) >= 11 is 0. The third kappa shape index (κ3) is 0.808. The normalized spacial score (nSPS) is 22.0. The molecule has 2 N–H and O–H groups in total. The van der Waals surface area contributed by atoms with Gasteiger partial charge in [0.25, 0.3) is 0 Å². The van der Waals surface area contributed by atoms with Crippen LogP contribution in [0.1, 0.15) is 12.8 Å². The highest BCUT2D eigenvalue weighted by Crippen LogP contribution is 2.33. The molecular weight excluding hydrogens is 102 g/mol. The lowest BCUT2D eigenvalue weighted by atomic mass is 10.3. The molecule has 0 aromatic carbocycles. The number of rotatable bonds is 2. The van der Waals surface area contributed by atoms with Gasteiger partial charge in [-0.25, -0.2) is 5.43 Å². The SMILES string of the molecule is CNNC1(C#N)CC1. The predicted molar refractivity (Wildman–Crippen MR) is 29.8 cm³/mol. The number of nitrogens with zero attached hydrogens (tertiary/aromatic N) is 1. The maximum absolute atomic E-state index is 8.44. The van der Waals surface area contributed by atoms with Crippen molar-refractivity contribution in [3.63, 3.8) is 0 Å². The summed E-state index contributed by atoms with van der Waals surface area (Å²) in [5.74, 6) is 0. The number of nitriles is 1. The van der Waals surface area contributed by atoms with Crippen LogP contribution in [0.5, 0.6) is 0 Å². The molecule has 0 aromatic heterocycles. The van der Waals surface area contributed by atoms with E-state index in [0.29, 0.717) is 0 Å². The first-order valence-corrected chi connectivity index (χ1v) is 2.68. The quantitative estimate of drug-likeness (QED) is 0.484. The number of hydrazine groups is 1. The number of hydrogen-bond acceptors (Lipinski definition) is 3. The zero-order valence-electron chi connectivity index (χ0n) is 4.86. The molecule has 1 rings (SSSR count). The molecule has 1 aliphatic carbocycles. The third-order valence-electron chi connectivity index (χ3n) is 1.33. The average molecular weight is 111 g/mol. The molecule has 0 atom stereocenters. The van der Waals surface area contributed by atoms with E-state index in [1.54, 1.807) is 7.05 Å². The molecule has 0 amide bonds. The molecule has 0 unspecified atom stereocenters. The van der Waals surface area contributed by atoms with E-state index < -0.39 is 0 Å². The second-order valence-electron chi connectivity index (χ2n) is 2.07. The minimum absolute atomic E-state index is 0.214. The van der Waals surface area contributed by atoms with Crippen LogP contribution in [0.25, 0.3) is 0 Å². The van der Waals surface area contributed by atoms with Gasteiger partial charge in [0.2, 0.25) is 0 Å². The van der Waals surface area contributed by atoms with Gasteiger partial charge in [-0.1, -0.05) is 0 Å². The van der Waals surface area contributed by atoms with Gasteiger partial charge < -0.3 is 0 Å². The maximum atomic E-state index is 8.44. The summed E-state index contributed by atoms with van der Waals surface area (Å²) in [6, 6.07) is 2.18. The van der Waals surface area contributed by atoms with Crippen LogP contribution < -0.4 is 10.9 Å². The first-order valence-electron chi connectivity index (χ1n) is 2.68. The molecule has 0 heterocycles. The zero-order valence-corrected chi connectivity index (χ0v) is 4.86. The van der Waals surface area contributed by atoms with Crippen molar-refractivity contribution in [3.05, 3.63) is 0 Å². The molecule has 8 heavy (non-hydrogen) atoms. The summed E-state index contributed by atoms with van der Waals surface area (Å²) < 4.78 is 0. The Morgan fingerprint density at radius 1 is 1.62 bits per heavy atom. The van der Waals surface area contributed by atoms with Crippen LogP contribution in [0, 0.1) is 11.3 Å². The molecule has 1 saturated carbocycles. The highest BCUT2D eigenvalue weighted by molar-refractivity contribution is 5.17. The molecule has 3 heteroatoms. The van der Waals surface area contributed by atoms with Crippen LogP contribution >= 0.6 is 0 Å². The van der Waals surface area contributed by atoms with Gasteiger partial charge in [0, 0.05) is 0 Å². The Hall–Kier alpha value is -0.590. The Kier molecular flexibility index (Phi) is 1.20. The molecular formula is C5H9N3. The lowest BCUT2D eigenvalue weighted by molar-refractivity contribution is 0.522. The van der Waals surface area contributed by atoms with E-state index in [1.165, 1.54) is 0 Å². The molecule has 1 fully saturated rings. The molecule has 44 valence electrons. The van der Waals surface area contributed by atoms with Crippen molar-refractivity contribution in [2.75, 3.05) is 7.05 Å². The third-order valence-corrected chi connectivity index (χ3v) is 1.33. The van der Waals surface area contributed by atoms with E-state index in [-0.39, 0.29) is 5.54 Å². The smallest absolute Gasteiger partial charge is 0.119 e. The van der Waals surface area contributed by atoms with Gasteiger partial charge in [-0.15, -0.1) is 0 Å². The molecule has 0 radical (unpaired) electrons. The van der Waals surface area contributed by atoms with E-state index >= 15 is 0 Å². The molecule has 0 spiro atoms. The summed E-state index contributed by atoms with van der Waals surface area (Å²) in [6.07, 6.45) is 1.95. The summed E-state index contributed by atoms with van der Waals surface area (Å²) in [7, 11) is 1.78. The van der Waals surface area contributed by atoms with E-state index in [1.807, 2.05) is 0 Å². The minimum Gasteiger partial charge on any atom is -0.259 e. The number of hydrogen-bond donors (Lipinski definition) is 2. The van der Waals surface area contributed by atoms with Gasteiger partial charge >= 0.3 is 0 Å². The Bertz CT molecular complexity index is 120. The van der Waals surface area contributed by atoms with Crippen molar-refractivity contribution in [1.29, 1.82) is 5.26 Å². The Labute approximate surface area is 48.7 Å². The fraction of sp³-hybridized carbons (Fsp3) is 0.800. The molecule has 0 aromatic rings. The fourth-order valence-electron chi connectivity index (χ4n) is 0.629. The summed E-state index contributed by atoms with van der Waals surface area (Å²) in [5, 5.41) is 8.44. The van der Waals surface area contributed by atoms with Gasteiger partial charge in [-0.3, -0.25) is 5.43 Å². The fourth-order valence-corrected chi connectivity index (χ4v) is 0.629. The second-order valence-corrected chi connectivity index (χ2v) is 2.07. The van der Waals surface area contributed by atoms with Crippen LogP contribution in [-0.2, 0) is 0 Å². The monoisotopic (exact) mass is 111 g/mol. The van der Waals surface area contributed by atoms with Crippen molar-refractivity contribution in [1.82, 2.24) is 10.9 Å². The van der Waals surface area contributed by atoms with E-state index in [9.17, 15) is 0 Å². The van der Waals surface area contributed by atoms with Crippen LogP contribution in [0.3, 0.4) is 0 Å². The highest BCUT2D eigenvalue weighted by atomic mass is 15.4. The first-order chi connectivity index (χ1) is 3.83. The second kappa shape index (κ2) is 1.73. The molecule has 0 bridgehead atoms. The molecule has 3 nitrogen and oxygen atoms in total. The summed E-state index contributed by atoms with van der Waals surface area (Å²) in [4.78, 5) is 0. The Balaban J connectivity index is 2.33. The van der Waals surface area contributed by atoms with Gasteiger partial charge in [-0.2, -0.15) is 5.26 Å². The lowest BCUT2D eigenvalue weighted by Crippen LogP contribution is -2.38. The van der Waals surface area contributed by atoms with E-state index in [4.69, 9.17) is 5.26 Å². The average Bonchev–Trinajstić information content (AvgIpc) is 2.50. The van der Waals surface area contributed by atoms with Crippen molar-refractivity contribution in [2.45, 2.75) is 18.4 Å². The largest absolute Gasteiger partial charge is 0.259 e. The topological polar surface area (TPSA) is 47.8 Å². The first kappa shape index (κ1) is 5.54. The minimum atomic E-state index is -0.214. The number of nitrogens with one attached hydrogen (secondary N) is 2. The van der Waals surface area contributed by atoms with Crippen LogP contribution in [0.2, 0.25) is 0 Å². The Morgan fingerprint density at radius 3 is 2.38 bits per heavy atom. The van der Waals surface area contributed by atoms with Gasteiger partial charge in [0.1, 0.15) is 5.54 Å². The van der Waals surface area contributed by atoms with E-state index in [2.05, 4.69) is 16.9 Å². The molecule has 0 saturated heterocycles. The van der Waals surface area contributed by atoms with Crippen molar-refractivity contribution < 1.29 is 0 Å². The summed E-state index contributed by atoms with van der Waals surface area (Å²) in [6.45, 7) is 0. The van der Waals surface area contributed by atoms with Crippen LogP contribution in [0.4, 0.5) is 0 Å². The highest BCUT2D eigenvalue weighted by Gasteiger charge is 2.42. The molecule has 1 aliphatic rings. The summed E-state index contributed by atoms with van der Waals surface area (Å²) in [5.41, 5.74) is 5.41. The van der Waals surface area contributed by atoms with Crippen molar-refractivity contribution >= 4 is 0 Å². The van der Waals surface area contributed by atoms with Gasteiger partial charge in [0.15, 0.2) is 0 Å². The predicted octanol–water partition coefficient (Wildman–Crippen LogP) is -0.233. The lowest BCUT2D eigenvalue weighted by Gasteiger charge is -2.04. The van der Waals surface area contributed by atoms with E-state index in [0.717, 1.165) is 12.8 Å². The maximum Gasteiger partial charge on any atom is 0.119 e. The molecule has 0 aliphatic heterocycles. The van der Waals surface area contributed by atoms with Gasteiger partial charge in [0.05, 0.1) is 6.07 Å². The zero-order chi connectivity index (χ0) is 6.04. The standard InChI is InChI=1S/C5H9N3/c1-7-8-5(4-6)2-3-5/h7-8H,2-3H2,1H3. The van der Waals surface area contributed by atoms with Crippen LogP contribution in [0.15, 0.2) is 0 Å². The van der Waals surface area contributed by atoms with Crippen LogP contribution in [-0.4, -0.2) is 12.6 Å². The van der Waals surface area contributed by atoms with Crippen molar-refractivity contribution in [2.24, 2.45) is 0 Å².